The monoisotopic (exact) mass is 257 g/mol. The molecule has 1 aliphatic rings. The zero-order valence-electron chi connectivity index (χ0n) is 10.8. The lowest BCUT2D eigenvalue weighted by atomic mass is 10.1. The van der Waals surface area contributed by atoms with Crippen molar-refractivity contribution in [3.05, 3.63) is 35.8 Å². The van der Waals surface area contributed by atoms with Crippen molar-refractivity contribution in [2.45, 2.75) is 25.9 Å². The van der Waals surface area contributed by atoms with E-state index in [1.54, 1.807) is 20.0 Å². The number of aromatic amines is 1. The van der Waals surface area contributed by atoms with Gasteiger partial charge in [-0.3, -0.25) is 4.79 Å². The average molecular weight is 257 g/mol. The Hall–Kier alpha value is -2.14. The Labute approximate surface area is 110 Å². The number of fused-ring (bicyclic) bond motifs is 1. The second-order valence-corrected chi connectivity index (χ2v) is 5.30. The van der Waals surface area contributed by atoms with Crippen LogP contribution in [0.3, 0.4) is 0 Å². The van der Waals surface area contributed by atoms with Gasteiger partial charge in [-0.05, 0) is 37.1 Å². The molecule has 19 heavy (non-hydrogen) atoms. The Morgan fingerprint density at radius 3 is 2.84 bits per heavy atom. The standard InChI is InChI=1S/C14H15N3O2/c1-14(2,19)13-15-7-11(17-13)8-3-4-10-9(5-8)6-12(18)16-10/h3-5,7,19H,6H2,1-2H3,(H,15,17)(H,16,18). The molecule has 0 atom stereocenters. The minimum absolute atomic E-state index is 0.0222. The van der Waals surface area contributed by atoms with E-state index >= 15 is 0 Å². The second-order valence-electron chi connectivity index (χ2n) is 5.30. The molecule has 3 N–H and O–H groups in total. The highest BCUT2D eigenvalue weighted by Gasteiger charge is 2.21. The first kappa shape index (κ1) is 11.9. The van der Waals surface area contributed by atoms with Crippen molar-refractivity contribution in [2.24, 2.45) is 0 Å². The number of hydrogen-bond donors (Lipinski definition) is 3. The van der Waals surface area contributed by atoms with Gasteiger partial charge in [-0.25, -0.2) is 4.98 Å². The first-order chi connectivity index (χ1) is 8.93. The van der Waals surface area contributed by atoms with Gasteiger partial charge in [0.2, 0.25) is 5.91 Å². The largest absolute Gasteiger partial charge is 0.383 e. The molecule has 1 aromatic carbocycles. The number of benzene rings is 1. The maximum atomic E-state index is 11.3. The number of carbonyl (C=O) groups excluding carboxylic acids is 1. The summed E-state index contributed by atoms with van der Waals surface area (Å²) in [6.07, 6.45) is 2.11. The van der Waals surface area contributed by atoms with E-state index in [0.717, 1.165) is 22.5 Å². The highest BCUT2D eigenvalue weighted by atomic mass is 16.3. The third kappa shape index (κ3) is 2.13. The maximum absolute atomic E-state index is 11.3. The molecule has 5 heteroatoms. The molecule has 1 aromatic heterocycles. The summed E-state index contributed by atoms with van der Waals surface area (Å²) >= 11 is 0. The summed E-state index contributed by atoms with van der Waals surface area (Å²) < 4.78 is 0. The molecule has 1 aliphatic heterocycles. The van der Waals surface area contributed by atoms with E-state index < -0.39 is 5.60 Å². The number of aromatic nitrogens is 2. The number of amides is 1. The summed E-state index contributed by atoms with van der Waals surface area (Å²) in [5, 5.41) is 12.7. The van der Waals surface area contributed by atoms with Gasteiger partial charge in [-0.2, -0.15) is 0 Å². The topological polar surface area (TPSA) is 78.0 Å². The molecule has 0 aliphatic carbocycles. The summed E-state index contributed by atoms with van der Waals surface area (Å²) in [6, 6.07) is 5.78. The molecule has 0 saturated heterocycles. The molecular formula is C14H15N3O2. The number of nitrogens with one attached hydrogen (secondary N) is 2. The number of H-pyrrole nitrogens is 1. The molecule has 0 radical (unpaired) electrons. The molecule has 0 unspecified atom stereocenters. The van der Waals surface area contributed by atoms with Crippen LogP contribution in [0.1, 0.15) is 25.2 Å². The molecule has 3 rings (SSSR count). The van der Waals surface area contributed by atoms with Crippen molar-refractivity contribution in [3.8, 4) is 11.3 Å². The van der Waals surface area contributed by atoms with E-state index in [1.807, 2.05) is 18.2 Å². The molecule has 0 bridgehead atoms. The van der Waals surface area contributed by atoms with E-state index in [9.17, 15) is 9.90 Å². The number of hydrogen-bond acceptors (Lipinski definition) is 3. The van der Waals surface area contributed by atoms with Gasteiger partial charge >= 0.3 is 0 Å². The number of nitrogens with zero attached hydrogens (tertiary/aromatic N) is 1. The Kier molecular flexibility index (Phi) is 2.46. The van der Waals surface area contributed by atoms with Crippen LogP contribution in [0.5, 0.6) is 0 Å². The number of rotatable bonds is 2. The first-order valence-electron chi connectivity index (χ1n) is 6.14. The van der Waals surface area contributed by atoms with Crippen LogP contribution in [0, 0.1) is 0 Å². The molecule has 2 aromatic rings. The zero-order valence-corrected chi connectivity index (χ0v) is 10.8. The van der Waals surface area contributed by atoms with Crippen molar-refractivity contribution in [1.82, 2.24) is 9.97 Å². The van der Waals surface area contributed by atoms with Crippen LogP contribution in [-0.2, 0) is 16.8 Å². The van der Waals surface area contributed by atoms with E-state index in [-0.39, 0.29) is 5.91 Å². The Bertz CT molecular complexity index is 653. The molecule has 5 nitrogen and oxygen atoms in total. The van der Waals surface area contributed by atoms with Gasteiger partial charge in [0.15, 0.2) is 0 Å². The van der Waals surface area contributed by atoms with Crippen LogP contribution in [0.15, 0.2) is 24.4 Å². The number of carbonyl (C=O) groups is 1. The van der Waals surface area contributed by atoms with Gasteiger partial charge in [-0.15, -0.1) is 0 Å². The SMILES string of the molecule is CC(C)(O)c1ncc(-c2ccc3c(c2)CC(=O)N3)[nH]1. The van der Waals surface area contributed by atoms with Gasteiger partial charge in [0.25, 0.3) is 0 Å². The third-order valence-electron chi connectivity index (χ3n) is 3.20. The van der Waals surface area contributed by atoms with Gasteiger partial charge in [-0.1, -0.05) is 6.07 Å². The maximum Gasteiger partial charge on any atom is 0.228 e. The first-order valence-corrected chi connectivity index (χ1v) is 6.14. The fourth-order valence-corrected chi connectivity index (χ4v) is 2.18. The van der Waals surface area contributed by atoms with Gasteiger partial charge in [0.1, 0.15) is 11.4 Å². The van der Waals surface area contributed by atoms with Gasteiger partial charge in [0, 0.05) is 5.69 Å². The minimum atomic E-state index is -0.994. The second kappa shape index (κ2) is 3.93. The Balaban J connectivity index is 1.97. The molecule has 0 fully saturated rings. The highest BCUT2D eigenvalue weighted by Crippen LogP contribution is 2.29. The van der Waals surface area contributed by atoms with E-state index in [0.29, 0.717) is 12.2 Å². The normalized spacial score (nSPS) is 14.4. The third-order valence-corrected chi connectivity index (χ3v) is 3.20. The highest BCUT2D eigenvalue weighted by molar-refractivity contribution is 5.99. The van der Waals surface area contributed by atoms with E-state index in [2.05, 4.69) is 15.3 Å². The van der Waals surface area contributed by atoms with E-state index in [4.69, 9.17) is 0 Å². The number of aliphatic hydroxyl groups is 1. The minimum Gasteiger partial charge on any atom is -0.383 e. The van der Waals surface area contributed by atoms with Gasteiger partial charge in [0.05, 0.1) is 18.3 Å². The summed E-state index contributed by atoms with van der Waals surface area (Å²) in [4.78, 5) is 18.6. The predicted octanol–water partition coefficient (Wildman–Crippen LogP) is 1.80. The van der Waals surface area contributed by atoms with Gasteiger partial charge < -0.3 is 15.4 Å². The van der Waals surface area contributed by atoms with E-state index in [1.165, 1.54) is 0 Å². The van der Waals surface area contributed by atoms with Crippen molar-refractivity contribution in [1.29, 1.82) is 0 Å². The molecule has 98 valence electrons. The van der Waals surface area contributed by atoms with Crippen LogP contribution in [0.4, 0.5) is 5.69 Å². The fourth-order valence-electron chi connectivity index (χ4n) is 2.18. The predicted molar refractivity (Wildman–Crippen MR) is 71.6 cm³/mol. The molecule has 2 heterocycles. The van der Waals surface area contributed by atoms with Crippen molar-refractivity contribution >= 4 is 11.6 Å². The smallest absolute Gasteiger partial charge is 0.228 e. The van der Waals surface area contributed by atoms with Crippen molar-refractivity contribution in [3.63, 3.8) is 0 Å². The lowest BCUT2D eigenvalue weighted by Gasteiger charge is -2.13. The number of imidazole rings is 1. The van der Waals surface area contributed by atoms with Crippen molar-refractivity contribution in [2.75, 3.05) is 5.32 Å². The average Bonchev–Trinajstić information content (AvgIpc) is 2.90. The zero-order chi connectivity index (χ0) is 13.6. The summed E-state index contributed by atoms with van der Waals surface area (Å²) in [5.74, 6) is 0.547. The fraction of sp³-hybridized carbons (Fsp3) is 0.286. The van der Waals surface area contributed by atoms with Crippen LogP contribution in [-0.4, -0.2) is 21.0 Å². The van der Waals surface area contributed by atoms with Crippen molar-refractivity contribution < 1.29 is 9.90 Å². The van der Waals surface area contributed by atoms with Crippen LogP contribution < -0.4 is 5.32 Å². The molecule has 0 saturated carbocycles. The lowest BCUT2D eigenvalue weighted by molar-refractivity contribution is -0.115. The summed E-state index contributed by atoms with van der Waals surface area (Å²) in [7, 11) is 0. The molecule has 0 spiro atoms. The quantitative estimate of drug-likeness (QED) is 0.767. The van der Waals surface area contributed by atoms with Crippen LogP contribution in [0.25, 0.3) is 11.3 Å². The lowest BCUT2D eigenvalue weighted by Crippen LogP contribution is -2.17. The van der Waals surface area contributed by atoms with Crippen LogP contribution in [0.2, 0.25) is 0 Å². The summed E-state index contributed by atoms with van der Waals surface area (Å²) in [6.45, 7) is 3.36. The van der Waals surface area contributed by atoms with Crippen LogP contribution >= 0.6 is 0 Å². The Morgan fingerprint density at radius 1 is 1.37 bits per heavy atom. The number of anilines is 1. The Morgan fingerprint density at radius 2 is 2.16 bits per heavy atom. The molecule has 1 amide bonds. The molecular weight excluding hydrogens is 242 g/mol. The summed E-state index contributed by atoms with van der Waals surface area (Å²) in [5.41, 5.74) is 2.65.